The third-order valence-electron chi connectivity index (χ3n) is 2.63. The van der Waals surface area contributed by atoms with E-state index in [1.807, 2.05) is 6.92 Å². The molecule has 1 rings (SSSR count). The summed E-state index contributed by atoms with van der Waals surface area (Å²) >= 11 is 0. The quantitative estimate of drug-likeness (QED) is 0.887. The smallest absolute Gasteiger partial charge is 0.382 e. The van der Waals surface area contributed by atoms with Gasteiger partial charge in [0.2, 0.25) is 0 Å². The highest BCUT2D eigenvalue weighted by Gasteiger charge is 2.30. The second-order valence-electron chi connectivity index (χ2n) is 4.01. The molecule has 0 bridgehead atoms. The largest absolute Gasteiger partial charge is 0.416 e. The van der Waals surface area contributed by atoms with Crippen LogP contribution in [0.25, 0.3) is 0 Å². The maximum absolute atomic E-state index is 12.5. The molecule has 0 amide bonds. The van der Waals surface area contributed by atoms with E-state index >= 15 is 0 Å². The maximum atomic E-state index is 12.5. The first-order valence-electron chi connectivity index (χ1n) is 5.30. The molecule has 0 saturated heterocycles. The number of ether oxygens (including phenoxy) is 1. The summed E-state index contributed by atoms with van der Waals surface area (Å²) in [6.45, 7) is 1.83. The average molecular weight is 247 g/mol. The molecule has 2 atom stereocenters. The Balaban J connectivity index is 2.84. The lowest BCUT2D eigenvalue weighted by Crippen LogP contribution is -2.18. The summed E-state index contributed by atoms with van der Waals surface area (Å²) in [5.74, 6) is 0. The molecule has 0 aliphatic rings. The van der Waals surface area contributed by atoms with E-state index in [2.05, 4.69) is 0 Å². The van der Waals surface area contributed by atoms with Crippen LogP contribution in [0.5, 0.6) is 0 Å². The number of benzene rings is 1. The molecule has 0 fully saturated rings. The van der Waals surface area contributed by atoms with E-state index in [-0.39, 0.29) is 6.10 Å². The Bertz CT molecular complexity index is 365. The molecule has 2 unspecified atom stereocenters. The zero-order chi connectivity index (χ0) is 13.1. The summed E-state index contributed by atoms with van der Waals surface area (Å²) in [6, 6.07) is 4.65. The van der Waals surface area contributed by atoms with Gasteiger partial charge in [-0.3, -0.25) is 0 Å². The third-order valence-corrected chi connectivity index (χ3v) is 2.63. The molecule has 0 spiro atoms. The number of nitrogens with two attached hydrogens (primary N) is 1. The summed E-state index contributed by atoms with van der Waals surface area (Å²) < 4.78 is 42.5. The molecule has 2 N–H and O–H groups in total. The lowest BCUT2D eigenvalue weighted by Gasteiger charge is -2.17. The van der Waals surface area contributed by atoms with Crippen molar-refractivity contribution < 1.29 is 17.9 Å². The molecule has 0 aliphatic carbocycles. The van der Waals surface area contributed by atoms with Crippen molar-refractivity contribution in [2.24, 2.45) is 5.73 Å². The molecule has 0 radical (unpaired) electrons. The Morgan fingerprint density at radius 1 is 1.35 bits per heavy atom. The van der Waals surface area contributed by atoms with Crippen LogP contribution < -0.4 is 5.73 Å². The number of alkyl halides is 3. The third kappa shape index (κ3) is 4.02. The molecule has 0 aliphatic heterocycles. The lowest BCUT2D eigenvalue weighted by molar-refractivity contribution is -0.137. The van der Waals surface area contributed by atoms with E-state index in [1.165, 1.54) is 6.07 Å². The van der Waals surface area contributed by atoms with Crippen molar-refractivity contribution in [2.75, 3.05) is 7.11 Å². The van der Waals surface area contributed by atoms with Crippen molar-refractivity contribution in [3.8, 4) is 0 Å². The van der Waals surface area contributed by atoms with Crippen LogP contribution in [0.15, 0.2) is 24.3 Å². The monoisotopic (exact) mass is 247 g/mol. The van der Waals surface area contributed by atoms with Crippen LogP contribution in [-0.2, 0) is 10.9 Å². The molecule has 1 aromatic carbocycles. The van der Waals surface area contributed by atoms with Gasteiger partial charge in [-0.25, -0.2) is 0 Å². The van der Waals surface area contributed by atoms with E-state index < -0.39 is 17.8 Å². The highest BCUT2D eigenvalue weighted by atomic mass is 19.4. The summed E-state index contributed by atoms with van der Waals surface area (Å²) in [5.41, 5.74) is 5.64. The summed E-state index contributed by atoms with van der Waals surface area (Å²) in [7, 11) is 1.55. The SMILES string of the molecule is COC(C)CC(N)c1cccc(C(F)(F)F)c1. The Labute approximate surface area is 98.6 Å². The molecule has 0 heterocycles. The highest BCUT2D eigenvalue weighted by molar-refractivity contribution is 5.27. The van der Waals surface area contributed by atoms with Crippen LogP contribution in [0.2, 0.25) is 0 Å². The topological polar surface area (TPSA) is 35.2 Å². The molecule has 0 saturated carbocycles. The van der Waals surface area contributed by atoms with E-state index in [0.29, 0.717) is 12.0 Å². The number of methoxy groups -OCH3 is 1. The standard InChI is InChI=1S/C12H16F3NO/c1-8(17-2)6-11(16)9-4-3-5-10(7-9)12(13,14)15/h3-5,7-8,11H,6,16H2,1-2H3. The van der Waals surface area contributed by atoms with Crippen molar-refractivity contribution in [2.45, 2.75) is 31.7 Å². The molecule has 2 nitrogen and oxygen atoms in total. The van der Waals surface area contributed by atoms with Crippen molar-refractivity contribution >= 4 is 0 Å². The fourth-order valence-electron chi connectivity index (χ4n) is 1.54. The number of halogens is 3. The summed E-state index contributed by atoms with van der Waals surface area (Å²) in [4.78, 5) is 0. The summed E-state index contributed by atoms with van der Waals surface area (Å²) in [6.07, 6.45) is -3.93. The normalized spacial score (nSPS) is 15.6. The van der Waals surface area contributed by atoms with Gasteiger partial charge in [0.1, 0.15) is 0 Å². The van der Waals surface area contributed by atoms with Crippen molar-refractivity contribution in [3.05, 3.63) is 35.4 Å². The maximum Gasteiger partial charge on any atom is 0.416 e. The first-order chi connectivity index (χ1) is 7.84. The molecular weight excluding hydrogens is 231 g/mol. The van der Waals surface area contributed by atoms with Gasteiger partial charge < -0.3 is 10.5 Å². The Morgan fingerprint density at radius 2 is 2.00 bits per heavy atom. The average Bonchev–Trinajstić information content (AvgIpc) is 2.28. The van der Waals surface area contributed by atoms with Crippen LogP contribution in [0.4, 0.5) is 13.2 Å². The Kier molecular flexibility index (Phi) is 4.54. The Hall–Kier alpha value is -1.07. The predicted octanol–water partition coefficient (Wildman–Crippen LogP) is 3.13. The van der Waals surface area contributed by atoms with Gasteiger partial charge in [-0.2, -0.15) is 13.2 Å². The van der Waals surface area contributed by atoms with Gasteiger partial charge in [0.25, 0.3) is 0 Å². The van der Waals surface area contributed by atoms with Crippen LogP contribution in [-0.4, -0.2) is 13.2 Å². The van der Waals surface area contributed by atoms with Gasteiger partial charge in [0, 0.05) is 13.2 Å². The molecular formula is C12H16F3NO. The fraction of sp³-hybridized carbons (Fsp3) is 0.500. The van der Waals surface area contributed by atoms with Gasteiger partial charge in [-0.15, -0.1) is 0 Å². The molecule has 0 aromatic heterocycles. The second kappa shape index (κ2) is 5.51. The minimum absolute atomic E-state index is 0.0838. The number of hydrogen-bond acceptors (Lipinski definition) is 2. The van der Waals surface area contributed by atoms with Crippen LogP contribution >= 0.6 is 0 Å². The van der Waals surface area contributed by atoms with Crippen molar-refractivity contribution in [1.82, 2.24) is 0 Å². The fourth-order valence-corrected chi connectivity index (χ4v) is 1.54. The minimum atomic E-state index is -4.33. The first-order valence-corrected chi connectivity index (χ1v) is 5.30. The molecule has 96 valence electrons. The number of rotatable bonds is 4. The summed E-state index contributed by atoms with van der Waals surface area (Å²) in [5, 5.41) is 0. The highest BCUT2D eigenvalue weighted by Crippen LogP contribution is 2.31. The van der Waals surface area contributed by atoms with Crippen molar-refractivity contribution in [1.29, 1.82) is 0 Å². The van der Waals surface area contributed by atoms with E-state index in [9.17, 15) is 13.2 Å². The minimum Gasteiger partial charge on any atom is -0.382 e. The van der Waals surface area contributed by atoms with E-state index in [1.54, 1.807) is 13.2 Å². The zero-order valence-corrected chi connectivity index (χ0v) is 9.79. The van der Waals surface area contributed by atoms with Crippen LogP contribution in [0.1, 0.15) is 30.5 Å². The zero-order valence-electron chi connectivity index (χ0n) is 9.79. The second-order valence-corrected chi connectivity index (χ2v) is 4.01. The van der Waals surface area contributed by atoms with E-state index in [4.69, 9.17) is 10.5 Å². The molecule has 17 heavy (non-hydrogen) atoms. The van der Waals surface area contributed by atoms with Gasteiger partial charge in [-0.1, -0.05) is 12.1 Å². The molecule has 1 aromatic rings. The Morgan fingerprint density at radius 3 is 2.53 bits per heavy atom. The van der Waals surface area contributed by atoms with E-state index in [0.717, 1.165) is 12.1 Å². The van der Waals surface area contributed by atoms with Gasteiger partial charge >= 0.3 is 6.18 Å². The van der Waals surface area contributed by atoms with Gasteiger partial charge in [0.05, 0.1) is 11.7 Å². The van der Waals surface area contributed by atoms with Gasteiger partial charge in [-0.05, 0) is 31.0 Å². The lowest BCUT2D eigenvalue weighted by atomic mass is 10.00. The van der Waals surface area contributed by atoms with Crippen LogP contribution in [0, 0.1) is 0 Å². The first kappa shape index (κ1) is 14.0. The van der Waals surface area contributed by atoms with Crippen molar-refractivity contribution in [3.63, 3.8) is 0 Å². The molecule has 5 heteroatoms. The van der Waals surface area contributed by atoms with Crippen LogP contribution in [0.3, 0.4) is 0 Å². The number of hydrogen-bond donors (Lipinski definition) is 1. The predicted molar refractivity (Wildman–Crippen MR) is 59.5 cm³/mol. The van der Waals surface area contributed by atoms with Gasteiger partial charge in [0.15, 0.2) is 0 Å².